The van der Waals surface area contributed by atoms with Gasteiger partial charge in [0.2, 0.25) is 5.91 Å². The second-order valence-electron chi connectivity index (χ2n) is 6.00. The summed E-state index contributed by atoms with van der Waals surface area (Å²) < 4.78 is 0. The van der Waals surface area contributed by atoms with Crippen LogP contribution in [0.2, 0.25) is 0 Å². The summed E-state index contributed by atoms with van der Waals surface area (Å²) in [6.45, 7) is 4.14. The van der Waals surface area contributed by atoms with Crippen LogP contribution in [0.25, 0.3) is 0 Å². The van der Waals surface area contributed by atoms with Gasteiger partial charge in [0, 0.05) is 13.0 Å². The summed E-state index contributed by atoms with van der Waals surface area (Å²) >= 11 is 0. The maximum atomic E-state index is 11.6. The fourth-order valence-electron chi connectivity index (χ4n) is 2.21. The Morgan fingerprint density at radius 2 is 1.73 bits per heavy atom. The van der Waals surface area contributed by atoms with Crippen LogP contribution in [-0.4, -0.2) is 42.8 Å². The highest BCUT2D eigenvalue weighted by Crippen LogP contribution is 2.05. The number of carbonyl (C=O) groups is 1. The number of amides is 1. The highest BCUT2D eigenvalue weighted by atomic mass is 16.2. The Labute approximate surface area is 137 Å². The van der Waals surface area contributed by atoms with Gasteiger partial charge in [0.15, 0.2) is 0 Å². The molecule has 4 heteroatoms. The Bertz CT molecular complexity index is 280. The van der Waals surface area contributed by atoms with Crippen LogP contribution in [-0.2, 0) is 4.79 Å². The van der Waals surface area contributed by atoms with Crippen molar-refractivity contribution in [2.75, 3.05) is 26.9 Å². The number of allylic oxidation sites excluding steroid dienone is 1. The van der Waals surface area contributed by atoms with Crippen LogP contribution in [0, 0.1) is 0 Å². The van der Waals surface area contributed by atoms with Crippen LogP contribution in [0.15, 0.2) is 12.2 Å². The molecular weight excluding hydrogens is 276 g/mol. The molecule has 0 saturated heterocycles. The zero-order valence-electron chi connectivity index (χ0n) is 14.6. The number of carbonyl (C=O) groups excluding carboxylic acids is 1. The van der Waals surface area contributed by atoms with Gasteiger partial charge < -0.3 is 10.4 Å². The highest BCUT2D eigenvalue weighted by Gasteiger charge is 2.01. The van der Waals surface area contributed by atoms with Crippen molar-refractivity contribution in [1.82, 2.24) is 10.2 Å². The zero-order valence-corrected chi connectivity index (χ0v) is 14.6. The van der Waals surface area contributed by atoms with E-state index in [2.05, 4.69) is 23.2 Å². The average molecular weight is 312 g/mol. The molecule has 0 heterocycles. The lowest BCUT2D eigenvalue weighted by molar-refractivity contribution is -0.120. The molecule has 1 amide bonds. The molecule has 0 aliphatic rings. The standard InChI is InChI=1S/C18H36N2O2/c1-3-4-5-8-11-14-18(22)19-17-20(2)15-12-9-6-7-10-13-16-21/h8,11,21H,3-7,9-10,12-17H2,1-2H3,(H,19,22)/b11-8+. The van der Waals surface area contributed by atoms with E-state index >= 15 is 0 Å². The second-order valence-corrected chi connectivity index (χ2v) is 6.00. The molecule has 0 fully saturated rings. The number of aliphatic hydroxyl groups is 1. The van der Waals surface area contributed by atoms with E-state index < -0.39 is 0 Å². The summed E-state index contributed by atoms with van der Waals surface area (Å²) in [5.74, 6) is 0.101. The Morgan fingerprint density at radius 3 is 2.41 bits per heavy atom. The predicted molar refractivity (Wildman–Crippen MR) is 93.7 cm³/mol. The van der Waals surface area contributed by atoms with E-state index in [-0.39, 0.29) is 5.91 Å². The molecule has 0 aromatic heterocycles. The monoisotopic (exact) mass is 312 g/mol. The summed E-state index contributed by atoms with van der Waals surface area (Å²) in [6.07, 6.45) is 14.9. The van der Waals surface area contributed by atoms with Crippen LogP contribution < -0.4 is 5.32 Å². The van der Waals surface area contributed by atoms with Gasteiger partial charge in [-0.25, -0.2) is 0 Å². The molecule has 4 nitrogen and oxygen atoms in total. The lowest BCUT2D eigenvalue weighted by atomic mass is 10.1. The lowest BCUT2D eigenvalue weighted by Gasteiger charge is -2.16. The van der Waals surface area contributed by atoms with Crippen molar-refractivity contribution in [3.63, 3.8) is 0 Å². The first-order chi connectivity index (χ1) is 10.7. The van der Waals surface area contributed by atoms with E-state index in [0.29, 0.717) is 19.7 Å². The molecule has 0 atom stereocenters. The molecular formula is C18H36N2O2. The Morgan fingerprint density at radius 1 is 1.05 bits per heavy atom. The minimum Gasteiger partial charge on any atom is -0.396 e. The maximum Gasteiger partial charge on any atom is 0.224 e. The van der Waals surface area contributed by atoms with Gasteiger partial charge in [-0.1, -0.05) is 57.6 Å². The van der Waals surface area contributed by atoms with Gasteiger partial charge in [0.1, 0.15) is 0 Å². The number of aliphatic hydroxyl groups excluding tert-OH is 1. The fourth-order valence-corrected chi connectivity index (χ4v) is 2.21. The van der Waals surface area contributed by atoms with Gasteiger partial charge in [-0.3, -0.25) is 9.69 Å². The number of hydrogen-bond acceptors (Lipinski definition) is 3. The lowest BCUT2D eigenvalue weighted by Crippen LogP contribution is -2.35. The number of hydrogen-bond donors (Lipinski definition) is 2. The number of unbranched alkanes of at least 4 members (excludes halogenated alkanes) is 7. The maximum absolute atomic E-state index is 11.6. The minimum absolute atomic E-state index is 0.101. The minimum atomic E-state index is 0.101. The van der Waals surface area contributed by atoms with Crippen molar-refractivity contribution in [2.45, 2.75) is 71.1 Å². The van der Waals surface area contributed by atoms with Gasteiger partial charge in [-0.05, 0) is 32.9 Å². The molecule has 0 rings (SSSR count). The zero-order chi connectivity index (χ0) is 16.5. The van der Waals surface area contributed by atoms with Crippen molar-refractivity contribution < 1.29 is 9.90 Å². The van der Waals surface area contributed by atoms with Gasteiger partial charge >= 0.3 is 0 Å². The molecule has 22 heavy (non-hydrogen) atoms. The quantitative estimate of drug-likeness (QED) is 0.277. The molecule has 0 unspecified atom stereocenters. The van der Waals surface area contributed by atoms with Crippen molar-refractivity contribution in [1.29, 1.82) is 0 Å². The Kier molecular flexibility index (Phi) is 15.8. The van der Waals surface area contributed by atoms with Gasteiger partial charge in [-0.2, -0.15) is 0 Å². The van der Waals surface area contributed by atoms with E-state index in [0.717, 1.165) is 25.8 Å². The van der Waals surface area contributed by atoms with Crippen LogP contribution >= 0.6 is 0 Å². The van der Waals surface area contributed by atoms with Crippen LogP contribution in [0.5, 0.6) is 0 Å². The van der Waals surface area contributed by atoms with Crippen molar-refractivity contribution in [2.24, 2.45) is 0 Å². The van der Waals surface area contributed by atoms with E-state index in [9.17, 15) is 4.79 Å². The SMILES string of the molecule is CCCC/C=C/CC(=O)NCN(C)CCCCCCCCO. The van der Waals surface area contributed by atoms with E-state index in [1.54, 1.807) is 0 Å². The van der Waals surface area contributed by atoms with Crippen LogP contribution in [0.4, 0.5) is 0 Å². The predicted octanol–water partition coefficient (Wildman–Crippen LogP) is 3.46. The number of nitrogens with zero attached hydrogens (tertiary/aromatic N) is 1. The topological polar surface area (TPSA) is 52.6 Å². The Hall–Kier alpha value is -0.870. The normalized spacial score (nSPS) is 11.5. The molecule has 0 bridgehead atoms. The molecule has 130 valence electrons. The second kappa shape index (κ2) is 16.5. The van der Waals surface area contributed by atoms with E-state index in [1.165, 1.54) is 38.5 Å². The number of rotatable bonds is 15. The average Bonchev–Trinajstić information content (AvgIpc) is 2.52. The molecule has 2 N–H and O–H groups in total. The summed E-state index contributed by atoms with van der Waals surface area (Å²) in [5, 5.41) is 11.6. The summed E-state index contributed by atoms with van der Waals surface area (Å²) in [4.78, 5) is 13.8. The van der Waals surface area contributed by atoms with E-state index in [1.807, 2.05) is 13.1 Å². The first-order valence-corrected chi connectivity index (χ1v) is 8.91. The molecule has 0 saturated carbocycles. The molecule has 0 aromatic carbocycles. The third kappa shape index (κ3) is 15.5. The van der Waals surface area contributed by atoms with E-state index in [4.69, 9.17) is 5.11 Å². The highest BCUT2D eigenvalue weighted by molar-refractivity contribution is 5.77. The summed E-state index contributed by atoms with van der Waals surface area (Å²) in [7, 11) is 2.04. The molecule has 0 spiro atoms. The molecule has 0 aliphatic carbocycles. The third-order valence-corrected chi connectivity index (χ3v) is 3.69. The van der Waals surface area contributed by atoms with Gasteiger partial charge in [0.05, 0.1) is 6.67 Å². The van der Waals surface area contributed by atoms with Crippen molar-refractivity contribution in [3.8, 4) is 0 Å². The first-order valence-electron chi connectivity index (χ1n) is 8.91. The van der Waals surface area contributed by atoms with Crippen LogP contribution in [0.3, 0.4) is 0 Å². The van der Waals surface area contributed by atoms with Crippen molar-refractivity contribution in [3.05, 3.63) is 12.2 Å². The number of nitrogens with one attached hydrogen (secondary N) is 1. The molecule has 0 aliphatic heterocycles. The molecule has 0 radical (unpaired) electrons. The van der Waals surface area contributed by atoms with Gasteiger partial charge in [0.25, 0.3) is 0 Å². The molecule has 0 aromatic rings. The first kappa shape index (κ1) is 21.1. The smallest absolute Gasteiger partial charge is 0.224 e. The third-order valence-electron chi connectivity index (χ3n) is 3.69. The summed E-state index contributed by atoms with van der Waals surface area (Å²) in [5.41, 5.74) is 0. The van der Waals surface area contributed by atoms with Crippen LogP contribution in [0.1, 0.15) is 71.1 Å². The Balaban J connectivity index is 3.42. The largest absolute Gasteiger partial charge is 0.396 e. The van der Waals surface area contributed by atoms with Crippen molar-refractivity contribution >= 4 is 5.91 Å². The van der Waals surface area contributed by atoms with Gasteiger partial charge in [-0.15, -0.1) is 0 Å². The summed E-state index contributed by atoms with van der Waals surface area (Å²) in [6, 6.07) is 0. The fraction of sp³-hybridized carbons (Fsp3) is 0.833.